The summed E-state index contributed by atoms with van der Waals surface area (Å²) >= 11 is 0. The van der Waals surface area contributed by atoms with Crippen LogP contribution in [0, 0.1) is 0 Å². The van der Waals surface area contributed by atoms with E-state index in [-0.39, 0.29) is 0 Å². The zero-order chi connectivity index (χ0) is 10.6. The van der Waals surface area contributed by atoms with Crippen LogP contribution in [0.4, 0.5) is 0 Å². The van der Waals surface area contributed by atoms with Gasteiger partial charge in [0.2, 0.25) is 0 Å². The maximum absolute atomic E-state index is 2.64. The minimum Gasteiger partial charge on any atom is -0.300 e. The highest BCUT2D eigenvalue weighted by Gasteiger charge is 2.18. The minimum atomic E-state index is 0.715. The predicted molar refractivity (Wildman–Crippen MR) is 62.7 cm³/mol. The fraction of sp³-hybridized carbons (Fsp3) is 1.00. The number of hydrogen-bond acceptors (Lipinski definition) is 2. The van der Waals surface area contributed by atoms with Crippen molar-refractivity contribution in [3.63, 3.8) is 0 Å². The van der Waals surface area contributed by atoms with Crippen LogP contribution in [0.2, 0.25) is 0 Å². The number of nitrogens with zero attached hydrogens (tertiary/aromatic N) is 2. The van der Waals surface area contributed by atoms with Gasteiger partial charge in [0.1, 0.15) is 0 Å². The molecule has 0 aromatic carbocycles. The van der Waals surface area contributed by atoms with Crippen LogP contribution in [0.5, 0.6) is 0 Å². The van der Waals surface area contributed by atoms with Crippen molar-refractivity contribution in [3.05, 3.63) is 0 Å². The highest BCUT2D eigenvalue weighted by atomic mass is 15.2. The molecule has 2 heteroatoms. The molecule has 0 bridgehead atoms. The SMILES string of the molecule is CCC(C)N1CCCN(C(C)C)CC1. The van der Waals surface area contributed by atoms with Gasteiger partial charge < -0.3 is 0 Å². The van der Waals surface area contributed by atoms with Gasteiger partial charge in [-0.1, -0.05) is 6.92 Å². The van der Waals surface area contributed by atoms with Crippen LogP contribution in [0.25, 0.3) is 0 Å². The van der Waals surface area contributed by atoms with Crippen molar-refractivity contribution in [1.29, 1.82) is 0 Å². The maximum Gasteiger partial charge on any atom is 0.0112 e. The molecule has 1 aliphatic rings. The zero-order valence-corrected chi connectivity index (χ0v) is 10.3. The van der Waals surface area contributed by atoms with E-state index in [1.165, 1.54) is 39.0 Å². The first-order valence-corrected chi connectivity index (χ1v) is 6.13. The molecule has 1 heterocycles. The van der Waals surface area contributed by atoms with E-state index in [0.29, 0.717) is 6.04 Å². The third-order valence-corrected chi connectivity index (χ3v) is 3.51. The van der Waals surface area contributed by atoms with Crippen LogP contribution in [-0.4, -0.2) is 48.1 Å². The summed E-state index contributed by atoms with van der Waals surface area (Å²) in [5, 5.41) is 0. The first kappa shape index (κ1) is 12.0. The largest absolute Gasteiger partial charge is 0.300 e. The molecule has 1 unspecified atom stereocenters. The van der Waals surface area contributed by atoms with Gasteiger partial charge in [-0.15, -0.1) is 0 Å². The van der Waals surface area contributed by atoms with Crippen molar-refractivity contribution < 1.29 is 0 Å². The lowest BCUT2D eigenvalue weighted by atomic mass is 10.2. The van der Waals surface area contributed by atoms with Gasteiger partial charge in [0, 0.05) is 25.2 Å². The van der Waals surface area contributed by atoms with E-state index < -0.39 is 0 Å². The summed E-state index contributed by atoms with van der Waals surface area (Å²) in [6.07, 6.45) is 2.62. The lowest BCUT2D eigenvalue weighted by Gasteiger charge is -2.27. The van der Waals surface area contributed by atoms with Gasteiger partial charge >= 0.3 is 0 Å². The molecule has 1 aliphatic heterocycles. The Morgan fingerprint density at radius 1 is 0.929 bits per heavy atom. The van der Waals surface area contributed by atoms with E-state index in [0.717, 1.165) is 6.04 Å². The molecule has 84 valence electrons. The monoisotopic (exact) mass is 198 g/mol. The van der Waals surface area contributed by atoms with Gasteiger partial charge in [0.05, 0.1) is 0 Å². The van der Waals surface area contributed by atoms with Crippen LogP contribution in [0.15, 0.2) is 0 Å². The molecule has 0 saturated carbocycles. The Morgan fingerprint density at radius 3 is 2.07 bits per heavy atom. The van der Waals surface area contributed by atoms with Crippen LogP contribution in [0.1, 0.15) is 40.5 Å². The second-order valence-corrected chi connectivity index (χ2v) is 4.78. The predicted octanol–water partition coefficient (Wildman–Crippen LogP) is 2.20. The van der Waals surface area contributed by atoms with Crippen LogP contribution >= 0.6 is 0 Å². The summed E-state index contributed by atoms with van der Waals surface area (Å²) in [4.78, 5) is 5.24. The molecule has 1 saturated heterocycles. The van der Waals surface area contributed by atoms with E-state index >= 15 is 0 Å². The van der Waals surface area contributed by atoms with Crippen molar-refractivity contribution in [2.75, 3.05) is 26.2 Å². The molecule has 0 aromatic rings. The Hall–Kier alpha value is -0.0800. The van der Waals surface area contributed by atoms with Gasteiger partial charge in [0.15, 0.2) is 0 Å². The van der Waals surface area contributed by atoms with E-state index in [4.69, 9.17) is 0 Å². The first-order chi connectivity index (χ1) is 6.65. The second-order valence-electron chi connectivity index (χ2n) is 4.78. The molecular formula is C12H26N2. The fourth-order valence-corrected chi connectivity index (χ4v) is 2.17. The van der Waals surface area contributed by atoms with E-state index in [1.807, 2.05) is 0 Å². The summed E-state index contributed by atoms with van der Waals surface area (Å²) in [6.45, 7) is 14.3. The van der Waals surface area contributed by atoms with Gasteiger partial charge in [0.25, 0.3) is 0 Å². The highest BCUT2D eigenvalue weighted by Crippen LogP contribution is 2.10. The number of rotatable bonds is 3. The highest BCUT2D eigenvalue weighted by molar-refractivity contribution is 4.74. The van der Waals surface area contributed by atoms with Crippen molar-refractivity contribution in [3.8, 4) is 0 Å². The molecule has 2 nitrogen and oxygen atoms in total. The summed E-state index contributed by atoms with van der Waals surface area (Å²) in [6, 6.07) is 1.48. The molecule has 0 amide bonds. The van der Waals surface area contributed by atoms with E-state index in [1.54, 1.807) is 0 Å². The third kappa shape index (κ3) is 3.25. The maximum atomic E-state index is 2.64. The molecule has 1 rings (SSSR count). The van der Waals surface area contributed by atoms with Crippen LogP contribution in [-0.2, 0) is 0 Å². The molecule has 1 atom stereocenters. The molecular weight excluding hydrogens is 172 g/mol. The molecule has 0 aromatic heterocycles. The molecule has 0 aliphatic carbocycles. The fourth-order valence-electron chi connectivity index (χ4n) is 2.17. The van der Waals surface area contributed by atoms with Gasteiger partial charge in [-0.25, -0.2) is 0 Å². The zero-order valence-electron chi connectivity index (χ0n) is 10.3. The van der Waals surface area contributed by atoms with Crippen molar-refractivity contribution >= 4 is 0 Å². The summed E-state index contributed by atoms with van der Waals surface area (Å²) in [5.74, 6) is 0. The van der Waals surface area contributed by atoms with Crippen LogP contribution < -0.4 is 0 Å². The van der Waals surface area contributed by atoms with E-state index in [2.05, 4.69) is 37.5 Å². The van der Waals surface area contributed by atoms with E-state index in [9.17, 15) is 0 Å². The molecule has 0 N–H and O–H groups in total. The topological polar surface area (TPSA) is 6.48 Å². The average Bonchev–Trinajstić information content (AvgIpc) is 2.41. The normalized spacial score (nSPS) is 23.8. The average molecular weight is 198 g/mol. The van der Waals surface area contributed by atoms with Crippen molar-refractivity contribution in [2.45, 2.75) is 52.6 Å². The minimum absolute atomic E-state index is 0.715. The molecule has 1 fully saturated rings. The van der Waals surface area contributed by atoms with Crippen LogP contribution in [0.3, 0.4) is 0 Å². The molecule has 0 radical (unpaired) electrons. The number of hydrogen-bond donors (Lipinski definition) is 0. The van der Waals surface area contributed by atoms with Crippen molar-refractivity contribution in [1.82, 2.24) is 9.80 Å². The molecule has 0 spiro atoms. The van der Waals surface area contributed by atoms with Gasteiger partial charge in [-0.3, -0.25) is 9.80 Å². The first-order valence-electron chi connectivity index (χ1n) is 6.13. The van der Waals surface area contributed by atoms with Crippen molar-refractivity contribution in [2.24, 2.45) is 0 Å². The lowest BCUT2D eigenvalue weighted by molar-refractivity contribution is 0.192. The quantitative estimate of drug-likeness (QED) is 0.686. The smallest absolute Gasteiger partial charge is 0.0112 e. The lowest BCUT2D eigenvalue weighted by Crippen LogP contribution is -2.38. The Morgan fingerprint density at radius 2 is 1.50 bits per heavy atom. The van der Waals surface area contributed by atoms with Gasteiger partial charge in [-0.2, -0.15) is 0 Å². The molecule has 14 heavy (non-hydrogen) atoms. The standard InChI is InChI=1S/C12H26N2/c1-5-12(4)14-8-6-7-13(9-10-14)11(2)3/h11-12H,5-10H2,1-4H3. The third-order valence-electron chi connectivity index (χ3n) is 3.51. The summed E-state index contributed by atoms with van der Waals surface area (Å²) in [7, 11) is 0. The Balaban J connectivity index is 2.40. The van der Waals surface area contributed by atoms with Gasteiger partial charge in [-0.05, 0) is 46.7 Å². The Kier molecular flexibility index (Phi) is 4.90. The Labute approximate surface area is 89.3 Å². The Bertz CT molecular complexity index is 156. The summed E-state index contributed by atoms with van der Waals surface area (Å²) < 4.78 is 0. The summed E-state index contributed by atoms with van der Waals surface area (Å²) in [5.41, 5.74) is 0. The second kappa shape index (κ2) is 5.72.